The molecular formula is C12H7BrCl2FNO2. The zero-order valence-electron chi connectivity index (χ0n) is 9.33. The van der Waals surface area contributed by atoms with Gasteiger partial charge in [0.1, 0.15) is 11.6 Å². The molecule has 1 N–H and O–H groups in total. The van der Waals surface area contributed by atoms with Gasteiger partial charge in [0, 0.05) is 16.1 Å². The van der Waals surface area contributed by atoms with Gasteiger partial charge in [-0.2, -0.15) is 0 Å². The molecule has 0 aliphatic rings. The quantitative estimate of drug-likeness (QED) is 0.808. The van der Waals surface area contributed by atoms with Crippen LogP contribution < -0.4 is 4.74 Å². The average molecular weight is 367 g/mol. The van der Waals surface area contributed by atoms with Crippen LogP contribution in [0.2, 0.25) is 10.0 Å². The number of benzene rings is 1. The SMILES string of the molecule is OCc1cc(F)cnc1Oc1cc(Cl)c(Br)cc1Cl. The Kier molecular flexibility index (Phi) is 4.62. The molecule has 0 radical (unpaired) electrons. The van der Waals surface area contributed by atoms with Gasteiger partial charge in [0.2, 0.25) is 5.88 Å². The van der Waals surface area contributed by atoms with Crippen molar-refractivity contribution in [3.63, 3.8) is 0 Å². The van der Waals surface area contributed by atoms with E-state index >= 15 is 0 Å². The smallest absolute Gasteiger partial charge is 0.225 e. The Hall–Kier alpha value is -0.880. The monoisotopic (exact) mass is 365 g/mol. The molecule has 3 nitrogen and oxygen atoms in total. The predicted molar refractivity (Wildman–Crippen MR) is 74.4 cm³/mol. The van der Waals surface area contributed by atoms with Crippen molar-refractivity contribution in [3.8, 4) is 11.6 Å². The fourth-order valence-corrected chi connectivity index (χ4v) is 2.19. The first-order valence-electron chi connectivity index (χ1n) is 5.09. The third-order valence-corrected chi connectivity index (χ3v) is 3.74. The molecule has 100 valence electrons. The lowest BCUT2D eigenvalue weighted by molar-refractivity contribution is 0.274. The molecule has 0 amide bonds. The minimum atomic E-state index is -0.559. The van der Waals surface area contributed by atoms with Crippen LogP contribution in [-0.4, -0.2) is 10.1 Å². The summed E-state index contributed by atoms with van der Waals surface area (Å²) >= 11 is 15.2. The average Bonchev–Trinajstić information content (AvgIpc) is 2.37. The van der Waals surface area contributed by atoms with E-state index in [4.69, 9.17) is 33.0 Å². The van der Waals surface area contributed by atoms with E-state index in [-0.39, 0.29) is 17.2 Å². The highest BCUT2D eigenvalue weighted by atomic mass is 79.9. The van der Waals surface area contributed by atoms with Crippen molar-refractivity contribution < 1.29 is 14.2 Å². The Labute approximate surface area is 127 Å². The van der Waals surface area contributed by atoms with Gasteiger partial charge in [-0.25, -0.2) is 9.37 Å². The summed E-state index contributed by atoms with van der Waals surface area (Å²) in [6.07, 6.45) is 0.989. The highest BCUT2D eigenvalue weighted by Gasteiger charge is 2.12. The number of hydrogen-bond acceptors (Lipinski definition) is 3. The molecule has 1 heterocycles. The first-order chi connectivity index (χ1) is 9.01. The van der Waals surface area contributed by atoms with Gasteiger partial charge in [-0.15, -0.1) is 0 Å². The molecule has 0 atom stereocenters. The molecule has 0 fully saturated rings. The van der Waals surface area contributed by atoms with Gasteiger partial charge in [0.05, 0.1) is 22.8 Å². The van der Waals surface area contributed by atoms with E-state index in [1.807, 2.05) is 0 Å². The number of nitrogens with zero attached hydrogens (tertiary/aromatic N) is 1. The summed E-state index contributed by atoms with van der Waals surface area (Å²) in [6.45, 7) is -0.401. The van der Waals surface area contributed by atoms with E-state index in [0.29, 0.717) is 14.5 Å². The predicted octanol–water partition coefficient (Wildman–Crippen LogP) is 4.57. The lowest BCUT2D eigenvalue weighted by Gasteiger charge is -2.10. The van der Waals surface area contributed by atoms with Crippen molar-refractivity contribution in [2.75, 3.05) is 0 Å². The first-order valence-corrected chi connectivity index (χ1v) is 6.64. The third kappa shape index (κ3) is 3.36. The molecule has 19 heavy (non-hydrogen) atoms. The maximum Gasteiger partial charge on any atom is 0.225 e. The summed E-state index contributed by atoms with van der Waals surface area (Å²) in [7, 11) is 0. The normalized spacial score (nSPS) is 10.6. The third-order valence-electron chi connectivity index (χ3n) is 2.24. The van der Waals surface area contributed by atoms with Crippen LogP contribution in [0, 0.1) is 5.82 Å². The van der Waals surface area contributed by atoms with E-state index < -0.39 is 12.4 Å². The first kappa shape index (κ1) is 14.5. The number of aliphatic hydroxyl groups excluding tert-OH is 1. The van der Waals surface area contributed by atoms with Gasteiger partial charge in [-0.3, -0.25) is 0 Å². The second-order valence-corrected chi connectivity index (χ2v) is 5.24. The van der Waals surface area contributed by atoms with Crippen LogP contribution in [-0.2, 0) is 6.61 Å². The van der Waals surface area contributed by atoms with E-state index in [2.05, 4.69) is 20.9 Å². The van der Waals surface area contributed by atoms with Gasteiger partial charge in [-0.1, -0.05) is 23.2 Å². The van der Waals surface area contributed by atoms with Crippen LogP contribution in [0.3, 0.4) is 0 Å². The van der Waals surface area contributed by atoms with Crippen LogP contribution in [0.5, 0.6) is 11.6 Å². The van der Waals surface area contributed by atoms with Crippen molar-refractivity contribution in [1.29, 1.82) is 0 Å². The fourth-order valence-electron chi connectivity index (χ4n) is 1.36. The Morgan fingerprint density at radius 2 is 2.00 bits per heavy atom. The van der Waals surface area contributed by atoms with Crippen molar-refractivity contribution in [3.05, 3.63) is 50.3 Å². The highest BCUT2D eigenvalue weighted by Crippen LogP contribution is 2.36. The van der Waals surface area contributed by atoms with Gasteiger partial charge >= 0.3 is 0 Å². The van der Waals surface area contributed by atoms with Gasteiger partial charge in [-0.05, 0) is 28.1 Å². The Morgan fingerprint density at radius 1 is 1.26 bits per heavy atom. The molecule has 0 aliphatic heterocycles. The summed E-state index contributed by atoms with van der Waals surface area (Å²) in [6, 6.07) is 4.21. The molecule has 1 aromatic carbocycles. The Balaban J connectivity index is 2.39. The second kappa shape index (κ2) is 6.05. The summed E-state index contributed by atoms with van der Waals surface area (Å²) in [5, 5.41) is 9.86. The van der Waals surface area contributed by atoms with Gasteiger partial charge in [0.15, 0.2) is 0 Å². The zero-order valence-corrected chi connectivity index (χ0v) is 12.4. The number of halogens is 4. The molecule has 1 aromatic heterocycles. The topological polar surface area (TPSA) is 42.4 Å². The molecule has 2 rings (SSSR count). The largest absolute Gasteiger partial charge is 0.437 e. The highest BCUT2D eigenvalue weighted by molar-refractivity contribution is 9.10. The summed E-state index contributed by atoms with van der Waals surface area (Å²) in [5.41, 5.74) is 0.218. The minimum Gasteiger partial charge on any atom is -0.437 e. The molecule has 0 saturated heterocycles. The Morgan fingerprint density at radius 3 is 2.68 bits per heavy atom. The van der Waals surface area contributed by atoms with Crippen LogP contribution in [0.4, 0.5) is 4.39 Å². The molecule has 0 spiro atoms. The van der Waals surface area contributed by atoms with E-state index in [1.165, 1.54) is 6.07 Å². The number of pyridine rings is 1. The number of aliphatic hydroxyl groups is 1. The van der Waals surface area contributed by atoms with Crippen molar-refractivity contribution >= 4 is 39.1 Å². The van der Waals surface area contributed by atoms with E-state index in [1.54, 1.807) is 6.07 Å². The van der Waals surface area contributed by atoms with Gasteiger partial charge in [0.25, 0.3) is 0 Å². The standard InChI is InChI=1S/C12H7BrCl2FNO2/c13-8-2-10(15)11(3-9(8)14)19-12-6(5-18)1-7(16)4-17-12/h1-4,18H,5H2. The number of hydrogen-bond donors (Lipinski definition) is 1. The number of ether oxygens (including phenoxy) is 1. The maximum atomic E-state index is 13.0. The Bertz CT molecular complexity index is 625. The fraction of sp³-hybridized carbons (Fsp3) is 0.0833. The molecule has 7 heteroatoms. The van der Waals surface area contributed by atoms with Crippen LogP contribution >= 0.6 is 39.1 Å². The second-order valence-electron chi connectivity index (χ2n) is 3.57. The van der Waals surface area contributed by atoms with Crippen LogP contribution in [0.1, 0.15) is 5.56 Å². The summed E-state index contributed by atoms with van der Waals surface area (Å²) in [5.74, 6) is -0.218. The van der Waals surface area contributed by atoms with Crippen molar-refractivity contribution in [1.82, 2.24) is 4.98 Å². The van der Waals surface area contributed by atoms with Gasteiger partial charge < -0.3 is 9.84 Å². The number of aromatic nitrogens is 1. The lowest BCUT2D eigenvalue weighted by Crippen LogP contribution is -1.96. The molecular weight excluding hydrogens is 360 g/mol. The molecule has 2 aromatic rings. The molecule has 0 unspecified atom stereocenters. The number of rotatable bonds is 3. The molecule has 0 bridgehead atoms. The van der Waals surface area contributed by atoms with Crippen LogP contribution in [0.15, 0.2) is 28.9 Å². The van der Waals surface area contributed by atoms with Crippen molar-refractivity contribution in [2.24, 2.45) is 0 Å². The molecule has 0 saturated carbocycles. The maximum absolute atomic E-state index is 13.0. The van der Waals surface area contributed by atoms with E-state index in [0.717, 1.165) is 12.3 Å². The van der Waals surface area contributed by atoms with Crippen molar-refractivity contribution in [2.45, 2.75) is 6.61 Å². The summed E-state index contributed by atoms with van der Waals surface area (Å²) < 4.78 is 19.1. The van der Waals surface area contributed by atoms with Crippen LogP contribution in [0.25, 0.3) is 0 Å². The summed E-state index contributed by atoms with van der Waals surface area (Å²) in [4.78, 5) is 3.77. The zero-order chi connectivity index (χ0) is 14.0. The molecule has 0 aliphatic carbocycles. The van der Waals surface area contributed by atoms with E-state index in [9.17, 15) is 4.39 Å². The minimum absolute atomic E-state index is 0.0733. The lowest BCUT2D eigenvalue weighted by atomic mass is 10.3.